The predicted octanol–water partition coefficient (Wildman–Crippen LogP) is 4.02. The Morgan fingerprint density at radius 2 is 1.92 bits per heavy atom. The van der Waals surface area contributed by atoms with Gasteiger partial charge >= 0.3 is 5.97 Å². The van der Waals surface area contributed by atoms with E-state index < -0.39 is 22.6 Å². The number of rotatable bonds is 7. The van der Waals surface area contributed by atoms with Crippen molar-refractivity contribution in [2.75, 3.05) is 6.61 Å². The van der Waals surface area contributed by atoms with Crippen LogP contribution in [0.2, 0.25) is 0 Å². The highest BCUT2D eigenvalue weighted by atomic mass is 16.9. The Morgan fingerprint density at radius 1 is 1.18 bits per heavy atom. The molecule has 0 amide bonds. The smallest absolute Gasteiger partial charge is 0.338 e. The Bertz CT molecular complexity index is 1220. The molecule has 7 atom stereocenters. The Labute approximate surface area is 221 Å². The molecule has 9 heteroatoms. The summed E-state index contributed by atoms with van der Waals surface area (Å²) in [6.45, 7) is 3.67. The summed E-state index contributed by atoms with van der Waals surface area (Å²) in [7, 11) is 0. The summed E-state index contributed by atoms with van der Waals surface area (Å²) in [6.07, 6.45) is 8.51. The average molecular weight is 524 g/mol. The number of carbonyl (C=O) groups excluding carboxylic acids is 3. The zero-order valence-electron chi connectivity index (χ0n) is 21.6. The van der Waals surface area contributed by atoms with Gasteiger partial charge in [-0.05, 0) is 66.7 Å². The van der Waals surface area contributed by atoms with E-state index in [4.69, 9.17) is 4.74 Å². The fraction of sp³-hybridized carbons (Fsp3) is 0.552. The number of aliphatic hydroxyl groups is 1. The lowest BCUT2D eigenvalue weighted by molar-refractivity contribution is -0.763. The van der Waals surface area contributed by atoms with Crippen molar-refractivity contribution >= 4 is 17.5 Å². The molecule has 0 aliphatic heterocycles. The second kappa shape index (κ2) is 9.76. The molecule has 4 aliphatic carbocycles. The van der Waals surface area contributed by atoms with E-state index in [0.717, 1.165) is 18.4 Å². The zero-order chi connectivity index (χ0) is 27.2. The molecule has 0 aromatic heterocycles. The number of benzene rings is 1. The Morgan fingerprint density at radius 3 is 2.63 bits per heavy atom. The molecular weight excluding hydrogens is 490 g/mol. The lowest BCUT2D eigenvalue weighted by Gasteiger charge is -2.58. The standard InChI is InChI=1S/C29H33NO8/c1-28-12-11-20(31)13-19(28)7-8-21-22-9-10-23(29(22,2)14-24(32)26(21)28)25(33)16-37-27(34)18-5-3-17(4-6-18)15-38-30(35)36/h3-7,11-12,21-24,26,32H,8-10,13-16H2,1-2H3/t21-,22-,23?,24-,26+,28-,29-/m0/s1. The number of fused-ring (bicyclic) bond motifs is 5. The van der Waals surface area contributed by atoms with Crippen LogP contribution in [0.25, 0.3) is 0 Å². The monoisotopic (exact) mass is 523 g/mol. The largest absolute Gasteiger partial charge is 0.454 e. The maximum Gasteiger partial charge on any atom is 0.338 e. The minimum atomic E-state index is -0.884. The SMILES string of the molecule is C[C@]12C=CC(=O)CC1=CC[C@@H]1[C@@H]2[C@@H](O)C[C@]2(C)C(C(=O)COC(=O)c3ccc(CO[N+](=O)[O-])cc3)CC[C@@H]12. The van der Waals surface area contributed by atoms with E-state index in [1.807, 2.05) is 6.08 Å². The van der Waals surface area contributed by atoms with Crippen molar-refractivity contribution in [2.45, 2.75) is 58.7 Å². The number of hydrogen-bond donors (Lipinski definition) is 1. The third-order valence-electron chi connectivity index (χ3n) is 9.71. The Hall–Kier alpha value is -3.33. The quantitative estimate of drug-likeness (QED) is 0.245. The van der Waals surface area contributed by atoms with E-state index in [-0.39, 0.29) is 59.4 Å². The number of esters is 1. The summed E-state index contributed by atoms with van der Waals surface area (Å²) in [5, 5.41) is 20.9. The molecule has 0 radical (unpaired) electrons. The minimum Gasteiger partial charge on any atom is -0.454 e. The molecule has 4 aliphatic rings. The lowest BCUT2D eigenvalue weighted by Crippen LogP contribution is -2.56. The van der Waals surface area contributed by atoms with E-state index in [9.17, 15) is 29.6 Å². The molecule has 5 rings (SSSR count). The molecule has 2 fully saturated rings. The summed E-state index contributed by atoms with van der Waals surface area (Å²) in [6, 6.07) is 6.03. The molecule has 1 aromatic carbocycles. The molecule has 0 spiro atoms. The molecule has 202 valence electrons. The summed E-state index contributed by atoms with van der Waals surface area (Å²) in [4.78, 5) is 52.6. The van der Waals surface area contributed by atoms with Gasteiger partial charge in [-0.25, -0.2) is 4.79 Å². The summed E-state index contributed by atoms with van der Waals surface area (Å²) in [5.74, 6) is -0.493. The fourth-order valence-corrected chi connectivity index (χ4v) is 7.95. The molecule has 1 N–H and O–H groups in total. The van der Waals surface area contributed by atoms with Crippen molar-refractivity contribution in [1.82, 2.24) is 0 Å². The van der Waals surface area contributed by atoms with Crippen LogP contribution in [0.15, 0.2) is 48.1 Å². The fourth-order valence-electron chi connectivity index (χ4n) is 7.95. The van der Waals surface area contributed by atoms with Gasteiger partial charge in [0.2, 0.25) is 0 Å². The summed E-state index contributed by atoms with van der Waals surface area (Å²) >= 11 is 0. The first-order valence-electron chi connectivity index (χ1n) is 13.2. The van der Waals surface area contributed by atoms with Crippen LogP contribution in [0.1, 0.15) is 61.9 Å². The minimum absolute atomic E-state index is 0.00957. The van der Waals surface area contributed by atoms with Gasteiger partial charge in [0.25, 0.3) is 5.09 Å². The van der Waals surface area contributed by atoms with Gasteiger partial charge in [-0.1, -0.05) is 43.7 Å². The molecule has 1 unspecified atom stereocenters. The van der Waals surface area contributed by atoms with Crippen molar-refractivity contribution in [2.24, 2.45) is 34.5 Å². The van der Waals surface area contributed by atoms with E-state index in [1.54, 1.807) is 6.08 Å². The molecule has 0 bridgehead atoms. The van der Waals surface area contributed by atoms with Gasteiger partial charge in [-0.2, -0.15) is 0 Å². The van der Waals surface area contributed by atoms with Gasteiger partial charge in [0.05, 0.1) is 11.7 Å². The van der Waals surface area contributed by atoms with E-state index in [1.165, 1.54) is 24.3 Å². The first kappa shape index (κ1) is 26.3. The van der Waals surface area contributed by atoms with E-state index in [2.05, 4.69) is 24.8 Å². The number of Topliss-reactive ketones (excluding diaryl/α,β-unsaturated/α-hetero) is 1. The van der Waals surface area contributed by atoms with Crippen molar-refractivity contribution in [1.29, 1.82) is 0 Å². The van der Waals surface area contributed by atoms with Gasteiger partial charge < -0.3 is 14.7 Å². The maximum atomic E-state index is 13.3. The van der Waals surface area contributed by atoms with Gasteiger partial charge in [0, 0.05) is 23.7 Å². The van der Waals surface area contributed by atoms with Gasteiger partial charge in [-0.15, -0.1) is 10.1 Å². The molecule has 2 saturated carbocycles. The number of nitrogens with zero attached hydrogens (tertiary/aromatic N) is 1. The number of ether oxygens (including phenoxy) is 1. The van der Waals surface area contributed by atoms with Crippen LogP contribution in [-0.2, 0) is 25.8 Å². The van der Waals surface area contributed by atoms with Crippen LogP contribution < -0.4 is 0 Å². The highest BCUT2D eigenvalue weighted by molar-refractivity contribution is 5.93. The lowest BCUT2D eigenvalue weighted by atomic mass is 9.47. The Kier molecular flexibility index (Phi) is 6.75. The molecule has 1 aromatic rings. The zero-order valence-corrected chi connectivity index (χ0v) is 21.6. The third kappa shape index (κ3) is 4.46. The van der Waals surface area contributed by atoms with E-state index in [0.29, 0.717) is 24.8 Å². The second-order valence-corrected chi connectivity index (χ2v) is 11.7. The molecular formula is C29H33NO8. The van der Waals surface area contributed by atoms with Crippen LogP contribution in [0.4, 0.5) is 0 Å². The van der Waals surface area contributed by atoms with Crippen LogP contribution in [0.3, 0.4) is 0 Å². The summed E-state index contributed by atoms with van der Waals surface area (Å²) < 4.78 is 5.35. The summed E-state index contributed by atoms with van der Waals surface area (Å²) in [5.41, 5.74) is 1.14. The second-order valence-electron chi connectivity index (χ2n) is 11.7. The number of ketones is 2. The Balaban J connectivity index is 1.25. The van der Waals surface area contributed by atoms with E-state index >= 15 is 0 Å². The molecule has 0 saturated heterocycles. The predicted molar refractivity (Wildman–Crippen MR) is 135 cm³/mol. The highest BCUT2D eigenvalue weighted by Gasteiger charge is 2.62. The normalized spacial score (nSPS) is 35.4. The number of allylic oxidation sites excluding steroid dienone is 4. The number of aliphatic hydroxyl groups excluding tert-OH is 1. The van der Waals surface area contributed by atoms with Crippen molar-refractivity contribution in [3.05, 3.63) is 69.3 Å². The van der Waals surface area contributed by atoms with Crippen LogP contribution >= 0.6 is 0 Å². The first-order chi connectivity index (χ1) is 18.0. The van der Waals surface area contributed by atoms with Gasteiger partial charge in [0.1, 0.15) is 6.61 Å². The molecule has 9 nitrogen and oxygen atoms in total. The average Bonchev–Trinajstić information content (AvgIpc) is 3.22. The van der Waals surface area contributed by atoms with Gasteiger partial charge in [0.15, 0.2) is 18.2 Å². The maximum absolute atomic E-state index is 13.3. The van der Waals surface area contributed by atoms with Crippen molar-refractivity contribution in [3.8, 4) is 0 Å². The third-order valence-corrected chi connectivity index (χ3v) is 9.71. The topological polar surface area (TPSA) is 133 Å². The first-order valence-corrected chi connectivity index (χ1v) is 13.2. The van der Waals surface area contributed by atoms with Crippen LogP contribution in [0.5, 0.6) is 0 Å². The van der Waals surface area contributed by atoms with Crippen LogP contribution in [-0.4, -0.2) is 40.4 Å². The van der Waals surface area contributed by atoms with Crippen molar-refractivity contribution in [3.63, 3.8) is 0 Å². The van der Waals surface area contributed by atoms with Crippen LogP contribution in [0, 0.1) is 44.6 Å². The van der Waals surface area contributed by atoms with Crippen molar-refractivity contribution < 1.29 is 34.2 Å². The number of carbonyl (C=O) groups is 3. The molecule has 38 heavy (non-hydrogen) atoms. The molecule has 0 heterocycles. The van der Waals surface area contributed by atoms with Gasteiger partial charge in [-0.3, -0.25) is 9.59 Å². The number of hydrogen-bond acceptors (Lipinski definition) is 8. The highest BCUT2D eigenvalue weighted by Crippen LogP contribution is 2.65.